The highest BCUT2D eigenvalue weighted by Crippen LogP contribution is 2.44. The van der Waals surface area contributed by atoms with Gasteiger partial charge in [-0.15, -0.1) is 0 Å². The van der Waals surface area contributed by atoms with Gasteiger partial charge in [-0.25, -0.2) is 9.59 Å². The van der Waals surface area contributed by atoms with Crippen molar-refractivity contribution in [3.05, 3.63) is 71.3 Å². The van der Waals surface area contributed by atoms with Gasteiger partial charge < -0.3 is 20.1 Å². The molecule has 0 saturated carbocycles. The first-order chi connectivity index (χ1) is 16.4. The van der Waals surface area contributed by atoms with Gasteiger partial charge in [0.15, 0.2) is 0 Å². The summed E-state index contributed by atoms with van der Waals surface area (Å²) in [6, 6.07) is 16.4. The summed E-state index contributed by atoms with van der Waals surface area (Å²) < 4.78 is 5.55. The van der Waals surface area contributed by atoms with Crippen LogP contribution in [0.25, 0.3) is 11.1 Å². The number of alkyl carbamates (subject to hydrolysis) is 1. The first-order valence-corrected chi connectivity index (χ1v) is 11.7. The average molecular weight is 463 g/mol. The molecule has 2 aromatic carbocycles. The molecular formula is C27H30N2O5. The van der Waals surface area contributed by atoms with Gasteiger partial charge in [0, 0.05) is 37.5 Å². The Kier molecular flexibility index (Phi) is 7.30. The Hall–Kier alpha value is -3.61. The van der Waals surface area contributed by atoms with Gasteiger partial charge in [0.2, 0.25) is 5.91 Å². The minimum absolute atomic E-state index is 0.00864. The van der Waals surface area contributed by atoms with E-state index in [9.17, 15) is 14.4 Å². The van der Waals surface area contributed by atoms with E-state index in [0.717, 1.165) is 0 Å². The SMILES string of the molecule is CC(CCNC(=O)OCC1c2ccccc2-c2ccccc21)CC(=O)N1CC=C(C(=O)O)CC1. The molecule has 0 spiro atoms. The fourth-order valence-corrected chi connectivity index (χ4v) is 4.69. The predicted molar refractivity (Wildman–Crippen MR) is 128 cm³/mol. The summed E-state index contributed by atoms with van der Waals surface area (Å²) in [5.41, 5.74) is 5.09. The zero-order valence-electron chi connectivity index (χ0n) is 19.3. The molecule has 34 heavy (non-hydrogen) atoms. The molecule has 0 saturated heterocycles. The van der Waals surface area contributed by atoms with Crippen molar-refractivity contribution in [3.63, 3.8) is 0 Å². The molecule has 7 heteroatoms. The van der Waals surface area contributed by atoms with E-state index < -0.39 is 12.1 Å². The number of amides is 2. The van der Waals surface area contributed by atoms with Crippen molar-refractivity contribution in [1.29, 1.82) is 0 Å². The van der Waals surface area contributed by atoms with Crippen LogP contribution in [0.15, 0.2) is 60.2 Å². The molecule has 0 aromatic heterocycles. The number of hydrogen-bond acceptors (Lipinski definition) is 4. The summed E-state index contributed by atoms with van der Waals surface area (Å²) in [6.45, 7) is 3.44. The molecule has 2 aromatic rings. The second kappa shape index (κ2) is 10.5. The van der Waals surface area contributed by atoms with Crippen molar-refractivity contribution in [3.8, 4) is 11.1 Å². The fraction of sp³-hybridized carbons (Fsp3) is 0.370. The third kappa shape index (κ3) is 5.30. The third-order valence-corrected chi connectivity index (χ3v) is 6.61. The van der Waals surface area contributed by atoms with Gasteiger partial charge in [0.25, 0.3) is 0 Å². The summed E-state index contributed by atoms with van der Waals surface area (Å²) >= 11 is 0. The van der Waals surface area contributed by atoms with E-state index in [2.05, 4.69) is 29.6 Å². The number of fused-ring (bicyclic) bond motifs is 3. The summed E-state index contributed by atoms with van der Waals surface area (Å²) in [5.74, 6) is -0.796. The lowest BCUT2D eigenvalue weighted by Gasteiger charge is -2.26. The van der Waals surface area contributed by atoms with Crippen molar-refractivity contribution in [2.24, 2.45) is 5.92 Å². The molecule has 2 N–H and O–H groups in total. The van der Waals surface area contributed by atoms with Crippen LogP contribution in [0, 0.1) is 5.92 Å². The Morgan fingerprint density at radius 1 is 1.09 bits per heavy atom. The largest absolute Gasteiger partial charge is 0.478 e. The fourth-order valence-electron chi connectivity index (χ4n) is 4.69. The number of rotatable bonds is 8. The quantitative estimate of drug-likeness (QED) is 0.613. The Balaban J connectivity index is 1.20. The number of nitrogens with zero attached hydrogens (tertiary/aromatic N) is 1. The smallest absolute Gasteiger partial charge is 0.407 e. The second-order valence-corrected chi connectivity index (χ2v) is 8.97. The molecule has 2 aliphatic rings. The van der Waals surface area contributed by atoms with Gasteiger partial charge in [-0.1, -0.05) is 61.5 Å². The Bertz CT molecular complexity index is 1060. The normalized spacial score (nSPS) is 15.7. The Labute approximate surface area is 199 Å². The lowest BCUT2D eigenvalue weighted by molar-refractivity contribution is -0.135. The highest BCUT2D eigenvalue weighted by Gasteiger charge is 2.29. The highest BCUT2D eigenvalue weighted by atomic mass is 16.5. The molecule has 4 rings (SSSR count). The summed E-state index contributed by atoms with van der Waals surface area (Å²) in [5, 5.41) is 11.8. The van der Waals surface area contributed by atoms with Crippen LogP contribution >= 0.6 is 0 Å². The van der Waals surface area contributed by atoms with E-state index in [1.165, 1.54) is 22.3 Å². The van der Waals surface area contributed by atoms with Crippen LogP contribution in [0.3, 0.4) is 0 Å². The van der Waals surface area contributed by atoms with Crippen LogP contribution in [0.5, 0.6) is 0 Å². The predicted octanol–water partition coefficient (Wildman–Crippen LogP) is 4.18. The number of ether oxygens (including phenoxy) is 1. The maximum atomic E-state index is 12.5. The van der Waals surface area contributed by atoms with Gasteiger partial charge in [-0.05, 0) is 41.0 Å². The molecule has 1 unspecified atom stereocenters. The summed E-state index contributed by atoms with van der Waals surface area (Å²) in [6.07, 6.45) is 2.54. The zero-order valence-corrected chi connectivity index (χ0v) is 19.3. The monoisotopic (exact) mass is 462 g/mol. The van der Waals surface area contributed by atoms with E-state index >= 15 is 0 Å². The number of carbonyl (C=O) groups excluding carboxylic acids is 2. The van der Waals surface area contributed by atoms with Gasteiger partial charge in [-0.3, -0.25) is 4.79 Å². The minimum atomic E-state index is -0.917. The molecule has 0 fully saturated rings. The van der Waals surface area contributed by atoms with E-state index in [1.54, 1.807) is 11.0 Å². The van der Waals surface area contributed by atoms with Crippen molar-refractivity contribution in [2.75, 3.05) is 26.2 Å². The molecule has 1 aliphatic heterocycles. The molecular weight excluding hydrogens is 432 g/mol. The number of carbonyl (C=O) groups is 3. The van der Waals surface area contributed by atoms with Crippen LogP contribution in [0.2, 0.25) is 0 Å². The molecule has 0 radical (unpaired) electrons. The van der Waals surface area contributed by atoms with Crippen LogP contribution in [-0.4, -0.2) is 54.2 Å². The van der Waals surface area contributed by atoms with E-state index in [0.29, 0.717) is 44.5 Å². The second-order valence-electron chi connectivity index (χ2n) is 8.97. The van der Waals surface area contributed by atoms with Crippen LogP contribution < -0.4 is 5.32 Å². The average Bonchev–Trinajstić information content (AvgIpc) is 3.16. The number of benzene rings is 2. The van der Waals surface area contributed by atoms with Gasteiger partial charge in [0.1, 0.15) is 6.61 Å². The maximum absolute atomic E-state index is 12.5. The standard InChI is InChI=1S/C27H30N2O5/c1-18(16-25(30)29-14-11-19(12-15-29)26(31)32)10-13-28-27(33)34-17-24-22-8-4-2-6-20(22)21-7-3-5-9-23(21)24/h2-9,11,18,24H,10,12-17H2,1H3,(H,28,33)(H,31,32). The van der Waals surface area contributed by atoms with Crippen LogP contribution in [0.1, 0.15) is 43.2 Å². The van der Waals surface area contributed by atoms with Crippen LogP contribution in [-0.2, 0) is 14.3 Å². The van der Waals surface area contributed by atoms with Crippen molar-refractivity contribution >= 4 is 18.0 Å². The van der Waals surface area contributed by atoms with E-state index in [-0.39, 0.29) is 24.3 Å². The van der Waals surface area contributed by atoms with Crippen molar-refractivity contribution < 1.29 is 24.2 Å². The summed E-state index contributed by atoms with van der Waals surface area (Å²) in [4.78, 5) is 37.4. The zero-order chi connectivity index (χ0) is 24.1. The number of hydrogen-bond donors (Lipinski definition) is 2. The van der Waals surface area contributed by atoms with Crippen molar-refractivity contribution in [2.45, 2.75) is 32.1 Å². The number of carboxylic acid groups (broad SMARTS) is 1. The van der Waals surface area contributed by atoms with Crippen LogP contribution in [0.4, 0.5) is 4.79 Å². The number of carboxylic acids is 1. The van der Waals surface area contributed by atoms with Gasteiger partial charge >= 0.3 is 12.1 Å². The van der Waals surface area contributed by atoms with Crippen molar-refractivity contribution in [1.82, 2.24) is 10.2 Å². The van der Waals surface area contributed by atoms with Gasteiger partial charge in [0.05, 0.1) is 0 Å². The Morgan fingerprint density at radius 2 is 1.74 bits per heavy atom. The molecule has 1 atom stereocenters. The number of nitrogens with one attached hydrogen (secondary N) is 1. The van der Waals surface area contributed by atoms with E-state index in [4.69, 9.17) is 9.84 Å². The number of aliphatic carboxylic acids is 1. The molecule has 1 heterocycles. The summed E-state index contributed by atoms with van der Waals surface area (Å²) in [7, 11) is 0. The van der Waals surface area contributed by atoms with Gasteiger partial charge in [-0.2, -0.15) is 0 Å². The first-order valence-electron chi connectivity index (χ1n) is 11.7. The molecule has 2 amide bonds. The molecule has 7 nitrogen and oxygen atoms in total. The topological polar surface area (TPSA) is 95.9 Å². The Morgan fingerprint density at radius 3 is 2.32 bits per heavy atom. The molecule has 1 aliphatic carbocycles. The van der Waals surface area contributed by atoms with E-state index in [1.807, 2.05) is 31.2 Å². The third-order valence-electron chi connectivity index (χ3n) is 6.61. The maximum Gasteiger partial charge on any atom is 0.407 e. The first kappa shape index (κ1) is 23.5. The molecule has 0 bridgehead atoms. The lowest BCUT2D eigenvalue weighted by atomic mass is 9.98. The lowest BCUT2D eigenvalue weighted by Crippen LogP contribution is -2.36. The highest BCUT2D eigenvalue weighted by molar-refractivity contribution is 5.87. The minimum Gasteiger partial charge on any atom is -0.478 e. The molecule has 178 valence electrons.